The first-order valence-corrected chi connectivity index (χ1v) is 8.77. The Morgan fingerprint density at radius 1 is 1.22 bits per heavy atom. The highest BCUT2D eigenvalue weighted by Gasteiger charge is 2.35. The number of aromatic nitrogens is 2. The van der Waals surface area contributed by atoms with Crippen molar-refractivity contribution in [2.24, 2.45) is 0 Å². The minimum atomic E-state index is -0.414. The van der Waals surface area contributed by atoms with Crippen molar-refractivity contribution in [2.75, 3.05) is 18.1 Å². The van der Waals surface area contributed by atoms with Crippen LogP contribution in [0, 0.1) is 5.82 Å². The Morgan fingerprint density at radius 2 is 2.00 bits per heavy atom. The molecule has 4 rings (SSSR count). The first-order chi connectivity index (χ1) is 13.2. The molecule has 0 radical (unpaired) electrons. The molecule has 138 valence electrons. The van der Waals surface area contributed by atoms with Crippen LogP contribution in [0.4, 0.5) is 10.1 Å². The van der Waals surface area contributed by atoms with E-state index in [4.69, 9.17) is 9.26 Å². The number of rotatable bonds is 5. The minimum Gasteiger partial charge on any atom is -0.494 e. The molecule has 1 fully saturated rings. The predicted octanol–water partition coefficient (Wildman–Crippen LogP) is 3.79. The molecule has 0 N–H and O–H groups in total. The van der Waals surface area contributed by atoms with E-state index in [2.05, 4.69) is 10.1 Å². The molecule has 1 unspecified atom stereocenters. The second kappa shape index (κ2) is 7.19. The number of hydrogen-bond donors (Lipinski definition) is 0. The van der Waals surface area contributed by atoms with E-state index in [1.165, 1.54) is 6.07 Å². The predicted molar refractivity (Wildman–Crippen MR) is 97.0 cm³/mol. The fourth-order valence-electron chi connectivity index (χ4n) is 3.16. The largest absolute Gasteiger partial charge is 0.494 e. The van der Waals surface area contributed by atoms with Gasteiger partial charge in [0, 0.05) is 18.7 Å². The maximum Gasteiger partial charge on any atom is 0.232 e. The molecule has 2 heterocycles. The minimum absolute atomic E-state index is 0.0187. The van der Waals surface area contributed by atoms with Crippen LogP contribution >= 0.6 is 0 Å². The fourth-order valence-corrected chi connectivity index (χ4v) is 3.16. The third-order valence-corrected chi connectivity index (χ3v) is 4.49. The molecule has 0 saturated carbocycles. The zero-order valence-electron chi connectivity index (χ0n) is 14.8. The summed E-state index contributed by atoms with van der Waals surface area (Å²) in [5.74, 6) is 0.635. The maximum atomic E-state index is 13.9. The number of hydrogen-bond acceptors (Lipinski definition) is 5. The summed E-state index contributed by atoms with van der Waals surface area (Å²) in [6, 6.07) is 13.6. The second-order valence-electron chi connectivity index (χ2n) is 6.27. The van der Waals surface area contributed by atoms with Gasteiger partial charge in [-0.3, -0.25) is 4.79 Å². The molecule has 1 aromatic heterocycles. The molecule has 0 bridgehead atoms. The fraction of sp³-hybridized carbons (Fsp3) is 0.250. The molecule has 2 aromatic carbocycles. The summed E-state index contributed by atoms with van der Waals surface area (Å²) in [4.78, 5) is 18.4. The molecule has 1 aliphatic heterocycles. The number of nitrogens with zero attached hydrogens (tertiary/aromatic N) is 3. The van der Waals surface area contributed by atoms with E-state index in [-0.39, 0.29) is 29.6 Å². The Labute approximate surface area is 155 Å². The van der Waals surface area contributed by atoms with Gasteiger partial charge in [-0.1, -0.05) is 17.3 Å². The highest BCUT2D eigenvalue weighted by atomic mass is 19.1. The van der Waals surface area contributed by atoms with Crippen molar-refractivity contribution >= 4 is 11.6 Å². The average molecular weight is 367 g/mol. The first-order valence-electron chi connectivity index (χ1n) is 8.77. The van der Waals surface area contributed by atoms with Gasteiger partial charge in [0.2, 0.25) is 17.6 Å². The number of ether oxygens (including phenoxy) is 1. The van der Waals surface area contributed by atoms with Gasteiger partial charge in [0.25, 0.3) is 0 Å². The van der Waals surface area contributed by atoms with Gasteiger partial charge in [0.1, 0.15) is 11.6 Å². The molecule has 1 amide bonds. The summed E-state index contributed by atoms with van der Waals surface area (Å²) < 4.78 is 24.6. The topological polar surface area (TPSA) is 68.5 Å². The van der Waals surface area contributed by atoms with Crippen molar-refractivity contribution in [1.29, 1.82) is 0 Å². The normalized spacial score (nSPS) is 16.7. The second-order valence-corrected chi connectivity index (χ2v) is 6.27. The molecule has 0 spiro atoms. The molecule has 6 nitrogen and oxygen atoms in total. The zero-order valence-corrected chi connectivity index (χ0v) is 14.8. The van der Waals surface area contributed by atoms with E-state index >= 15 is 0 Å². The van der Waals surface area contributed by atoms with Crippen molar-refractivity contribution in [2.45, 2.75) is 19.3 Å². The summed E-state index contributed by atoms with van der Waals surface area (Å²) in [7, 11) is 0. The summed E-state index contributed by atoms with van der Waals surface area (Å²) in [5.41, 5.74) is 1.07. The standard InChI is InChI=1S/C20H18FN3O3/c1-2-26-15-9-7-14(8-10-15)24-12-13(11-18(24)25)20-22-19(23-27-20)16-5-3-4-6-17(16)21/h3-10,13H,2,11-12H2,1H3. The first kappa shape index (κ1) is 17.2. The zero-order chi connectivity index (χ0) is 18.8. The summed E-state index contributed by atoms with van der Waals surface area (Å²) >= 11 is 0. The van der Waals surface area contributed by atoms with Crippen molar-refractivity contribution in [1.82, 2.24) is 10.1 Å². The third-order valence-electron chi connectivity index (χ3n) is 4.49. The van der Waals surface area contributed by atoms with Crippen molar-refractivity contribution in [3.8, 4) is 17.1 Å². The van der Waals surface area contributed by atoms with Crippen LogP contribution in [0.1, 0.15) is 25.2 Å². The lowest BCUT2D eigenvalue weighted by Crippen LogP contribution is -2.24. The van der Waals surface area contributed by atoms with Crippen LogP contribution in [0.5, 0.6) is 5.75 Å². The molecular formula is C20H18FN3O3. The smallest absolute Gasteiger partial charge is 0.232 e. The Morgan fingerprint density at radius 3 is 2.74 bits per heavy atom. The molecule has 0 aliphatic carbocycles. The van der Waals surface area contributed by atoms with Crippen molar-refractivity contribution < 1.29 is 18.4 Å². The number of benzene rings is 2. The molecule has 27 heavy (non-hydrogen) atoms. The Hall–Kier alpha value is -3.22. The molecule has 1 atom stereocenters. The van der Waals surface area contributed by atoms with Gasteiger partial charge in [-0.05, 0) is 43.3 Å². The SMILES string of the molecule is CCOc1ccc(N2CC(c3nc(-c4ccccc4F)no3)CC2=O)cc1. The van der Waals surface area contributed by atoms with Gasteiger partial charge >= 0.3 is 0 Å². The molecule has 1 saturated heterocycles. The Balaban J connectivity index is 1.52. The Bertz CT molecular complexity index is 955. The maximum absolute atomic E-state index is 13.9. The van der Waals surface area contributed by atoms with E-state index in [0.717, 1.165) is 11.4 Å². The van der Waals surface area contributed by atoms with Crippen LogP contribution in [0.3, 0.4) is 0 Å². The van der Waals surface area contributed by atoms with Gasteiger partial charge in [0.05, 0.1) is 18.1 Å². The summed E-state index contributed by atoms with van der Waals surface area (Å²) in [6.45, 7) is 2.94. The molecule has 1 aliphatic rings. The van der Waals surface area contributed by atoms with Crippen LogP contribution < -0.4 is 9.64 Å². The summed E-state index contributed by atoms with van der Waals surface area (Å²) in [6.07, 6.45) is 0.270. The van der Waals surface area contributed by atoms with Crippen LogP contribution in [0.15, 0.2) is 53.1 Å². The number of carbonyl (C=O) groups is 1. The third kappa shape index (κ3) is 3.40. The average Bonchev–Trinajstić information content (AvgIpc) is 3.30. The lowest BCUT2D eigenvalue weighted by molar-refractivity contribution is -0.117. The number of carbonyl (C=O) groups excluding carboxylic acids is 1. The molecule has 3 aromatic rings. The van der Waals surface area contributed by atoms with Crippen LogP contribution in [-0.2, 0) is 4.79 Å². The lowest BCUT2D eigenvalue weighted by atomic mass is 10.1. The highest BCUT2D eigenvalue weighted by molar-refractivity contribution is 5.96. The number of halogens is 1. The lowest BCUT2D eigenvalue weighted by Gasteiger charge is -2.16. The number of anilines is 1. The van der Waals surface area contributed by atoms with Gasteiger partial charge in [-0.25, -0.2) is 4.39 Å². The van der Waals surface area contributed by atoms with Crippen LogP contribution in [0.2, 0.25) is 0 Å². The molecular weight excluding hydrogens is 349 g/mol. The van der Waals surface area contributed by atoms with E-state index in [9.17, 15) is 9.18 Å². The molecule has 7 heteroatoms. The quantitative estimate of drug-likeness (QED) is 0.686. The van der Waals surface area contributed by atoms with Crippen molar-refractivity contribution in [3.63, 3.8) is 0 Å². The van der Waals surface area contributed by atoms with Crippen LogP contribution in [-0.4, -0.2) is 29.2 Å². The van der Waals surface area contributed by atoms with Crippen molar-refractivity contribution in [3.05, 3.63) is 60.2 Å². The van der Waals surface area contributed by atoms with Gasteiger partial charge in [0.15, 0.2) is 0 Å². The van der Waals surface area contributed by atoms with Gasteiger partial charge < -0.3 is 14.2 Å². The van der Waals surface area contributed by atoms with E-state index in [0.29, 0.717) is 19.0 Å². The Kier molecular flexibility index (Phi) is 4.58. The van der Waals surface area contributed by atoms with Gasteiger partial charge in [-0.15, -0.1) is 0 Å². The monoisotopic (exact) mass is 367 g/mol. The summed E-state index contributed by atoms with van der Waals surface area (Å²) in [5, 5.41) is 3.87. The highest BCUT2D eigenvalue weighted by Crippen LogP contribution is 2.33. The van der Waals surface area contributed by atoms with E-state index < -0.39 is 5.82 Å². The van der Waals surface area contributed by atoms with Crippen LogP contribution in [0.25, 0.3) is 11.4 Å². The van der Waals surface area contributed by atoms with E-state index in [1.54, 1.807) is 23.1 Å². The van der Waals surface area contributed by atoms with Gasteiger partial charge in [-0.2, -0.15) is 4.98 Å². The van der Waals surface area contributed by atoms with E-state index in [1.807, 2.05) is 31.2 Å². The number of amides is 1.